The van der Waals surface area contributed by atoms with E-state index in [2.05, 4.69) is 0 Å². The number of carboxylic acids is 1. The fourth-order valence-corrected chi connectivity index (χ4v) is 2.08. The fraction of sp³-hybridized carbons (Fsp3) is 0.417. The first-order valence-electron chi connectivity index (χ1n) is 5.66. The molecule has 1 aromatic rings. The molecule has 20 heavy (non-hydrogen) atoms. The van der Waals surface area contributed by atoms with E-state index < -0.39 is 18.5 Å². The van der Waals surface area contributed by atoms with Crippen LogP contribution < -0.4 is 0 Å². The zero-order valence-electron chi connectivity index (χ0n) is 10.5. The van der Waals surface area contributed by atoms with E-state index in [1.54, 1.807) is 18.2 Å². The molecule has 1 unspecified atom stereocenters. The number of hydrogen-bond donors (Lipinski definition) is 3. The molecular weight excluding hydrogens is 328 g/mol. The summed E-state index contributed by atoms with van der Waals surface area (Å²) in [5.74, 6) is -1.11. The second-order valence-electron chi connectivity index (χ2n) is 4.15. The van der Waals surface area contributed by atoms with Gasteiger partial charge in [0.25, 0.3) is 0 Å². The summed E-state index contributed by atoms with van der Waals surface area (Å²) < 4.78 is 0. The summed E-state index contributed by atoms with van der Waals surface area (Å²) in [5, 5.41) is 29.3. The average molecular weight is 345 g/mol. The smallest absolute Gasteiger partial charge is 0.306 e. The van der Waals surface area contributed by atoms with Crippen molar-refractivity contribution in [2.75, 3.05) is 13.1 Å². The second kappa shape index (κ2) is 9.39. The molecule has 0 radical (unpaired) electrons. The Bertz CT molecular complexity index is 445. The van der Waals surface area contributed by atoms with E-state index in [4.69, 9.17) is 28.3 Å². The van der Waals surface area contributed by atoms with Gasteiger partial charge in [-0.1, -0.05) is 29.3 Å². The van der Waals surface area contributed by atoms with Crippen LogP contribution in [0.2, 0.25) is 10.0 Å². The lowest BCUT2D eigenvalue weighted by atomic mass is 10.1. The van der Waals surface area contributed by atoms with Gasteiger partial charge in [-0.3, -0.25) is 4.79 Å². The number of rotatable bonds is 7. The number of hydroxylamine groups is 2. The summed E-state index contributed by atoms with van der Waals surface area (Å²) in [4.78, 5) is 10.4. The van der Waals surface area contributed by atoms with Gasteiger partial charge in [0.05, 0.1) is 19.1 Å². The lowest BCUT2D eigenvalue weighted by Gasteiger charge is -2.18. The van der Waals surface area contributed by atoms with Gasteiger partial charge in [0.1, 0.15) is 0 Å². The van der Waals surface area contributed by atoms with Crippen LogP contribution in [-0.2, 0) is 11.2 Å². The Hall–Kier alpha value is -0.560. The number of carbonyl (C=O) groups is 1. The van der Waals surface area contributed by atoms with E-state index in [0.717, 1.165) is 10.6 Å². The van der Waals surface area contributed by atoms with Crippen molar-refractivity contribution < 1.29 is 20.2 Å². The van der Waals surface area contributed by atoms with Crippen LogP contribution in [-0.4, -0.2) is 45.6 Å². The van der Waals surface area contributed by atoms with Gasteiger partial charge in [0.15, 0.2) is 0 Å². The molecule has 0 spiro atoms. The van der Waals surface area contributed by atoms with Crippen LogP contribution in [0, 0.1) is 0 Å². The predicted octanol–water partition coefficient (Wildman–Crippen LogP) is 2.48. The minimum atomic E-state index is -1.11. The van der Waals surface area contributed by atoms with Gasteiger partial charge in [0, 0.05) is 16.6 Å². The van der Waals surface area contributed by atoms with E-state index in [-0.39, 0.29) is 25.5 Å². The number of aliphatic hydroxyl groups excluding tert-OH is 1. The molecule has 0 aliphatic heterocycles. The van der Waals surface area contributed by atoms with Crippen LogP contribution in [0.4, 0.5) is 0 Å². The summed E-state index contributed by atoms with van der Waals surface area (Å²) in [6.07, 6.45) is -1.05. The molecule has 0 saturated carbocycles. The maximum absolute atomic E-state index is 10.4. The first kappa shape index (κ1) is 19.4. The normalized spacial score (nSPS) is 12.1. The number of nitrogens with zero attached hydrogens (tertiary/aromatic N) is 1. The minimum Gasteiger partial charge on any atom is -0.481 e. The molecule has 0 bridgehead atoms. The Morgan fingerprint density at radius 1 is 1.35 bits per heavy atom. The third-order valence-electron chi connectivity index (χ3n) is 2.49. The van der Waals surface area contributed by atoms with Gasteiger partial charge >= 0.3 is 5.97 Å². The zero-order valence-corrected chi connectivity index (χ0v) is 12.8. The summed E-state index contributed by atoms with van der Waals surface area (Å²) in [6.45, 7) is 0.107. The zero-order chi connectivity index (χ0) is 14.4. The van der Waals surface area contributed by atoms with Crippen LogP contribution in [0.3, 0.4) is 0 Å². The second-order valence-corrected chi connectivity index (χ2v) is 4.99. The van der Waals surface area contributed by atoms with Crippen LogP contribution in [0.25, 0.3) is 0 Å². The van der Waals surface area contributed by atoms with Gasteiger partial charge in [-0.05, 0) is 24.1 Å². The summed E-state index contributed by atoms with van der Waals surface area (Å²) in [6, 6.07) is 5.06. The molecule has 1 atom stereocenters. The van der Waals surface area contributed by atoms with Crippen molar-refractivity contribution in [1.82, 2.24) is 5.06 Å². The minimum absolute atomic E-state index is 0. The highest BCUT2D eigenvalue weighted by Gasteiger charge is 2.13. The molecule has 114 valence electrons. The van der Waals surface area contributed by atoms with Crippen LogP contribution >= 0.6 is 35.6 Å². The average Bonchev–Trinajstić information content (AvgIpc) is 2.26. The standard InChI is InChI=1S/C12H15Cl2NO4.ClH/c13-9-2-1-8(11(14)5-9)3-4-15(19)7-10(16)6-12(17)18;/h1-2,5,10,16,19H,3-4,6-7H2,(H,17,18);1H. The van der Waals surface area contributed by atoms with E-state index in [9.17, 15) is 15.1 Å². The Morgan fingerprint density at radius 2 is 2.00 bits per heavy atom. The number of hydrogen-bond acceptors (Lipinski definition) is 4. The highest BCUT2D eigenvalue weighted by molar-refractivity contribution is 6.35. The van der Waals surface area contributed by atoms with Gasteiger partial charge < -0.3 is 15.4 Å². The first-order chi connectivity index (χ1) is 8.88. The molecule has 1 aromatic carbocycles. The molecule has 0 aliphatic rings. The molecule has 1 rings (SSSR count). The highest BCUT2D eigenvalue weighted by atomic mass is 35.5. The van der Waals surface area contributed by atoms with Gasteiger partial charge in [-0.15, -0.1) is 12.4 Å². The first-order valence-corrected chi connectivity index (χ1v) is 6.41. The van der Waals surface area contributed by atoms with Gasteiger partial charge in [0.2, 0.25) is 0 Å². The molecule has 3 N–H and O–H groups in total. The number of halogens is 3. The maximum Gasteiger partial charge on any atom is 0.306 e. The number of carboxylic acid groups (broad SMARTS) is 1. The Morgan fingerprint density at radius 3 is 2.55 bits per heavy atom. The third-order valence-corrected chi connectivity index (χ3v) is 3.07. The summed E-state index contributed by atoms with van der Waals surface area (Å²) in [7, 11) is 0. The summed E-state index contributed by atoms with van der Waals surface area (Å²) >= 11 is 11.7. The van der Waals surface area contributed by atoms with E-state index in [0.29, 0.717) is 16.5 Å². The molecule has 5 nitrogen and oxygen atoms in total. The number of aliphatic carboxylic acids is 1. The van der Waals surface area contributed by atoms with Crippen molar-refractivity contribution in [3.63, 3.8) is 0 Å². The fourth-order valence-electron chi connectivity index (χ4n) is 1.57. The van der Waals surface area contributed by atoms with Crippen molar-refractivity contribution in [1.29, 1.82) is 0 Å². The number of aliphatic hydroxyl groups is 1. The van der Waals surface area contributed by atoms with Crippen molar-refractivity contribution in [2.45, 2.75) is 18.9 Å². The quantitative estimate of drug-likeness (QED) is 0.662. The molecule has 0 heterocycles. The van der Waals surface area contributed by atoms with Crippen molar-refractivity contribution in [3.8, 4) is 0 Å². The molecule has 0 saturated heterocycles. The molecular formula is C12H16Cl3NO4. The van der Waals surface area contributed by atoms with Gasteiger partial charge in [-0.25, -0.2) is 0 Å². The van der Waals surface area contributed by atoms with Crippen LogP contribution in [0.1, 0.15) is 12.0 Å². The van der Waals surface area contributed by atoms with E-state index in [1.165, 1.54) is 0 Å². The maximum atomic E-state index is 10.4. The van der Waals surface area contributed by atoms with Crippen LogP contribution in [0.5, 0.6) is 0 Å². The monoisotopic (exact) mass is 343 g/mol. The molecule has 0 fully saturated rings. The molecule has 0 aromatic heterocycles. The van der Waals surface area contributed by atoms with Crippen molar-refractivity contribution in [3.05, 3.63) is 33.8 Å². The lowest BCUT2D eigenvalue weighted by molar-refractivity contribution is -0.143. The number of benzene rings is 1. The lowest BCUT2D eigenvalue weighted by Crippen LogP contribution is -2.32. The third kappa shape index (κ3) is 7.28. The Balaban J connectivity index is 0.00000361. The van der Waals surface area contributed by atoms with E-state index in [1.807, 2.05) is 0 Å². The van der Waals surface area contributed by atoms with Crippen LogP contribution in [0.15, 0.2) is 18.2 Å². The summed E-state index contributed by atoms with van der Waals surface area (Å²) in [5.41, 5.74) is 0.817. The highest BCUT2D eigenvalue weighted by Crippen LogP contribution is 2.21. The topological polar surface area (TPSA) is 81.0 Å². The molecule has 8 heteroatoms. The molecule has 0 aliphatic carbocycles. The van der Waals surface area contributed by atoms with E-state index >= 15 is 0 Å². The van der Waals surface area contributed by atoms with Crippen molar-refractivity contribution in [2.24, 2.45) is 0 Å². The van der Waals surface area contributed by atoms with Gasteiger partial charge in [-0.2, -0.15) is 5.06 Å². The van der Waals surface area contributed by atoms with Crippen molar-refractivity contribution >= 4 is 41.6 Å². The predicted molar refractivity (Wildman–Crippen MR) is 79.0 cm³/mol. The Labute approximate surface area is 133 Å². The SMILES string of the molecule is Cl.O=C(O)CC(O)CN(O)CCc1ccc(Cl)cc1Cl. The Kier molecular flexibility index (Phi) is 9.13. The molecule has 0 amide bonds. The largest absolute Gasteiger partial charge is 0.481 e.